The van der Waals surface area contributed by atoms with Gasteiger partial charge in [0.1, 0.15) is 6.54 Å². The molecule has 1 aliphatic rings. The van der Waals surface area contributed by atoms with Gasteiger partial charge in [-0.05, 0) is 55.0 Å². The molecule has 0 aromatic heterocycles. The number of amides is 1. The summed E-state index contributed by atoms with van der Waals surface area (Å²) >= 11 is 0. The summed E-state index contributed by atoms with van der Waals surface area (Å²) in [7, 11) is -3.87. The normalized spacial score (nSPS) is 14.4. The van der Waals surface area contributed by atoms with E-state index in [0.29, 0.717) is 0 Å². The number of nitrogens with one attached hydrogen (secondary N) is 1. The second-order valence-corrected chi connectivity index (χ2v) is 8.95. The zero-order valence-electron chi connectivity index (χ0n) is 15.7. The smallest absolute Gasteiger partial charge is 0.241 e. The molecule has 8 heteroatoms. The first-order chi connectivity index (χ1) is 13.1. The Bertz CT molecular complexity index is 1010. The molecule has 150 valence electrons. The van der Waals surface area contributed by atoms with Gasteiger partial charge in [0, 0.05) is 6.07 Å². The van der Waals surface area contributed by atoms with Gasteiger partial charge in [-0.15, -0.1) is 0 Å². The molecule has 2 aromatic rings. The number of anilines is 1. The number of carbonyl (C=O) groups is 1. The molecule has 0 heterocycles. The first-order valence-electron chi connectivity index (χ1n) is 8.99. The highest BCUT2D eigenvalue weighted by Gasteiger charge is 2.23. The van der Waals surface area contributed by atoms with Gasteiger partial charge in [0.25, 0.3) is 0 Å². The number of aryl methyl sites for hydroxylation is 2. The zero-order chi connectivity index (χ0) is 20.5. The van der Waals surface area contributed by atoms with Gasteiger partial charge in [0.15, 0.2) is 11.6 Å². The van der Waals surface area contributed by atoms with E-state index in [1.165, 1.54) is 11.1 Å². The summed E-state index contributed by atoms with van der Waals surface area (Å²) in [6, 6.07) is 8.47. The van der Waals surface area contributed by atoms with Crippen molar-refractivity contribution in [1.82, 2.24) is 5.32 Å². The van der Waals surface area contributed by atoms with Gasteiger partial charge in [-0.3, -0.25) is 9.10 Å². The number of rotatable bonds is 6. The van der Waals surface area contributed by atoms with E-state index < -0.39 is 34.1 Å². The lowest BCUT2D eigenvalue weighted by atomic mass is 10.0. The van der Waals surface area contributed by atoms with E-state index in [-0.39, 0.29) is 11.7 Å². The maximum Gasteiger partial charge on any atom is 0.241 e. The third-order valence-electron chi connectivity index (χ3n) is 4.88. The third kappa shape index (κ3) is 4.49. The second kappa shape index (κ2) is 7.87. The van der Waals surface area contributed by atoms with E-state index in [0.717, 1.165) is 53.6 Å². The standard InChI is InChI=1S/C20H22F2N2O3S/c1-13(15-7-6-14-4-3-5-16(14)10-15)23-20(25)12-24(28(2,26)27)17-8-9-18(21)19(22)11-17/h6-11,13H,3-5,12H2,1-2H3,(H,23,25)/t13-/m1/s1. The van der Waals surface area contributed by atoms with Crippen LogP contribution >= 0.6 is 0 Å². The summed E-state index contributed by atoms with van der Waals surface area (Å²) in [5.74, 6) is -2.81. The fourth-order valence-electron chi connectivity index (χ4n) is 3.40. The van der Waals surface area contributed by atoms with Gasteiger partial charge >= 0.3 is 0 Å². The second-order valence-electron chi connectivity index (χ2n) is 7.04. The first kappa shape index (κ1) is 20.3. The Labute approximate surface area is 163 Å². The van der Waals surface area contributed by atoms with Crippen LogP contribution in [0, 0.1) is 11.6 Å². The molecule has 0 saturated heterocycles. The average molecular weight is 408 g/mol. The lowest BCUT2D eigenvalue weighted by Gasteiger charge is -2.23. The molecule has 0 fully saturated rings. The van der Waals surface area contributed by atoms with Crippen LogP contribution in [0.3, 0.4) is 0 Å². The number of nitrogens with zero attached hydrogens (tertiary/aromatic N) is 1. The van der Waals surface area contributed by atoms with Gasteiger partial charge in [0.05, 0.1) is 18.0 Å². The minimum absolute atomic E-state index is 0.110. The number of benzene rings is 2. The van der Waals surface area contributed by atoms with Crippen molar-refractivity contribution < 1.29 is 22.0 Å². The Balaban J connectivity index is 1.74. The monoisotopic (exact) mass is 408 g/mol. The fourth-order valence-corrected chi connectivity index (χ4v) is 4.25. The largest absolute Gasteiger partial charge is 0.348 e. The van der Waals surface area contributed by atoms with Gasteiger partial charge < -0.3 is 5.32 Å². The van der Waals surface area contributed by atoms with Crippen LogP contribution < -0.4 is 9.62 Å². The van der Waals surface area contributed by atoms with E-state index in [1.54, 1.807) is 0 Å². The molecule has 1 atom stereocenters. The molecule has 1 amide bonds. The van der Waals surface area contributed by atoms with E-state index in [4.69, 9.17) is 0 Å². The van der Waals surface area contributed by atoms with E-state index in [2.05, 4.69) is 17.4 Å². The number of hydrogen-bond acceptors (Lipinski definition) is 3. The number of sulfonamides is 1. The Kier molecular flexibility index (Phi) is 5.69. The molecule has 0 unspecified atom stereocenters. The molecule has 3 rings (SSSR count). The maximum absolute atomic E-state index is 13.5. The highest BCUT2D eigenvalue weighted by atomic mass is 32.2. The summed E-state index contributed by atoms with van der Waals surface area (Å²) in [6.07, 6.45) is 4.11. The van der Waals surface area contributed by atoms with Crippen LogP contribution in [0.2, 0.25) is 0 Å². The minimum atomic E-state index is -3.87. The molecule has 1 N–H and O–H groups in total. The van der Waals surface area contributed by atoms with E-state index in [9.17, 15) is 22.0 Å². The minimum Gasteiger partial charge on any atom is -0.348 e. The van der Waals surface area contributed by atoms with Crippen LogP contribution in [0.5, 0.6) is 0 Å². The first-order valence-corrected chi connectivity index (χ1v) is 10.8. The summed E-state index contributed by atoms with van der Waals surface area (Å²) in [5, 5.41) is 2.77. The number of fused-ring (bicyclic) bond motifs is 1. The highest BCUT2D eigenvalue weighted by molar-refractivity contribution is 7.92. The Morgan fingerprint density at radius 1 is 1.11 bits per heavy atom. The molecule has 0 aliphatic heterocycles. The topological polar surface area (TPSA) is 66.5 Å². The molecule has 0 spiro atoms. The maximum atomic E-state index is 13.5. The van der Waals surface area contributed by atoms with Gasteiger partial charge in [0.2, 0.25) is 15.9 Å². The van der Waals surface area contributed by atoms with Gasteiger partial charge in [-0.25, -0.2) is 17.2 Å². The predicted molar refractivity (Wildman–Crippen MR) is 104 cm³/mol. The summed E-state index contributed by atoms with van der Waals surface area (Å²) in [6.45, 7) is 1.29. The van der Waals surface area contributed by atoms with Crippen molar-refractivity contribution in [2.75, 3.05) is 17.1 Å². The average Bonchev–Trinajstić information content (AvgIpc) is 3.09. The van der Waals surface area contributed by atoms with E-state index in [1.807, 2.05) is 13.0 Å². The van der Waals surface area contributed by atoms with Crippen LogP contribution in [0.1, 0.15) is 36.1 Å². The zero-order valence-corrected chi connectivity index (χ0v) is 16.5. The SMILES string of the molecule is C[C@@H](NC(=O)CN(c1ccc(F)c(F)c1)S(C)(=O)=O)c1ccc2c(c1)CCC2. The van der Waals surface area contributed by atoms with Crippen molar-refractivity contribution in [2.24, 2.45) is 0 Å². The molecule has 1 aliphatic carbocycles. The van der Waals surface area contributed by atoms with Crippen LogP contribution in [-0.4, -0.2) is 27.1 Å². The lowest BCUT2D eigenvalue weighted by molar-refractivity contribution is -0.120. The molecule has 28 heavy (non-hydrogen) atoms. The van der Waals surface area contributed by atoms with Crippen molar-refractivity contribution >= 4 is 21.6 Å². The van der Waals surface area contributed by atoms with E-state index >= 15 is 0 Å². The van der Waals surface area contributed by atoms with Crippen LogP contribution in [-0.2, 0) is 27.7 Å². The molecule has 5 nitrogen and oxygen atoms in total. The number of carbonyl (C=O) groups excluding carboxylic acids is 1. The van der Waals surface area contributed by atoms with Crippen molar-refractivity contribution in [3.05, 3.63) is 64.7 Å². The highest BCUT2D eigenvalue weighted by Crippen LogP contribution is 2.25. The Morgan fingerprint density at radius 2 is 1.82 bits per heavy atom. The van der Waals surface area contributed by atoms with Crippen molar-refractivity contribution in [2.45, 2.75) is 32.2 Å². The lowest BCUT2D eigenvalue weighted by Crippen LogP contribution is -2.41. The quantitative estimate of drug-likeness (QED) is 0.799. The molecule has 0 saturated carbocycles. The third-order valence-corrected chi connectivity index (χ3v) is 6.02. The molecule has 0 radical (unpaired) electrons. The molecular formula is C20H22F2N2O3S. The van der Waals surface area contributed by atoms with Crippen molar-refractivity contribution in [3.8, 4) is 0 Å². The number of halogens is 2. The van der Waals surface area contributed by atoms with Gasteiger partial charge in [-0.2, -0.15) is 0 Å². The molecule has 2 aromatic carbocycles. The Hall–Kier alpha value is -2.48. The van der Waals surface area contributed by atoms with Crippen molar-refractivity contribution in [3.63, 3.8) is 0 Å². The summed E-state index contributed by atoms with van der Waals surface area (Å²) < 4.78 is 51.6. The van der Waals surface area contributed by atoms with Crippen LogP contribution in [0.4, 0.5) is 14.5 Å². The molecule has 0 bridgehead atoms. The summed E-state index contributed by atoms with van der Waals surface area (Å²) in [4.78, 5) is 12.5. The fraction of sp³-hybridized carbons (Fsp3) is 0.350. The molecular weight excluding hydrogens is 386 g/mol. The van der Waals surface area contributed by atoms with Crippen LogP contribution in [0.15, 0.2) is 36.4 Å². The summed E-state index contributed by atoms with van der Waals surface area (Å²) in [5.41, 5.74) is 3.43. The van der Waals surface area contributed by atoms with Crippen LogP contribution in [0.25, 0.3) is 0 Å². The van der Waals surface area contributed by atoms with Crippen molar-refractivity contribution in [1.29, 1.82) is 0 Å². The van der Waals surface area contributed by atoms with Gasteiger partial charge in [-0.1, -0.05) is 18.2 Å². The number of hydrogen-bond donors (Lipinski definition) is 1. The Morgan fingerprint density at radius 3 is 2.50 bits per heavy atom. The predicted octanol–water partition coefficient (Wildman–Crippen LogP) is 3.10.